The average Bonchev–Trinajstić information content (AvgIpc) is 2.79. The maximum Gasteiger partial charge on any atom is 0.371 e. The fraction of sp³-hybridized carbons (Fsp3) is 0.615. The summed E-state index contributed by atoms with van der Waals surface area (Å²) in [5.74, 6) is -0.176. The maximum absolute atomic E-state index is 10.6. The number of piperidine rings is 1. The predicted octanol–water partition coefficient (Wildman–Crippen LogP) is 2.40. The van der Waals surface area contributed by atoms with Crippen LogP contribution in [0, 0.1) is 0 Å². The molecule has 0 atom stereocenters. The summed E-state index contributed by atoms with van der Waals surface area (Å²) < 4.78 is 5.22. The fourth-order valence-corrected chi connectivity index (χ4v) is 2.29. The van der Waals surface area contributed by atoms with Gasteiger partial charge in [-0.1, -0.05) is 6.42 Å². The minimum atomic E-state index is -0.993. The number of aryl methyl sites for hydroxylation is 1. The lowest BCUT2D eigenvalue weighted by molar-refractivity contribution is 0.0660. The van der Waals surface area contributed by atoms with Crippen LogP contribution >= 0.6 is 0 Å². The van der Waals surface area contributed by atoms with Gasteiger partial charge in [0.15, 0.2) is 0 Å². The molecule has 0 aliphatic carbocycles. The number of carboxylic acid groups (broad SMARTS) is 1. The van der Waals surface area contributed by atoms with Crippen LogP contribution in [0.25, 0.3) is 0 Å². The van der Waals surface area contributed by atoms with Gasteiger partial charge < -0.3 is 14.4 Å². The second-order valence-corrected chi connectivity index (χ2v) is 4.58. The zero-order valence-electron chi connectivity index (χ0n) is 10.0. The molecular formula is C13H19NO3. The molecule has 0 saturated carbocycles. The Balaban J connectivity index is 1.71. The molecule has 1 N–H and O–H groups in total. The van der Waals surface area contributed by atoms with E-state index in [1.165, 1.54) is 38.4 Å². The smallest absolute Gasteiger partial charge is 0.371 e. The Labute approximate surface area is 101 Å². The van der Waals surface area contributed by atoms with Gasteiger partial charge in [0, 0.05) is 6.42 Å². The molecular weight excluding hydrogens is 218 g/mol. The van der Waals surface area contributed by atoms with Gasteiger partial charge in [-0.3, -0.25) is 0 Å². The van der Waals surface area contributed by atoms with Crippen LogP contribution in [-0.2, 0) is 6.42 Å². The molecule has 94 valence electrons. The molecule has 1 aliphatic rings. The quantitative estimate of drug-likeness (QED) is 0.854. The highest BCUT2D eigenvalue weighted by atomic mass is 16.4. The SMILES string of the molecule is O=C(O)c1ccc(CCCN2CCCCC2)o1. The lowest BCUT2D eigenvalue weighted by Crippen LogP contribution is -2.30. The summed E-state index contributed by atoms with van der Waals surface area (Å²) in [7, 11) is 0. The van der Waals surface area contributed by atoms with E-state index in [4.69, 9.17) is 9.52 Å². The van der Waals surface area contributed by atoms with Crippen molar-refractivity contribution < 1.29 is 14.3 Å². The molecule has 4 heteroatoms. The highest BCUT2D eigenvalue weighted by Crippen LogP contribution is 2.12. The van der Waals surface area contributed by atoms with Gasteiger partial charge in [-0.15, -0.1) is 0 Å². The molecule has 1 saturated heterocycles. The molecule has 0 unspecified atom stereocenters. The summed E-state index contributed by atoms with van der Waals surface area (Å²) in [5.41, 5.74) is 0. The second-order valence-electron chi connectivity index (χ2n) is 4.58. The van der Waals surface area contributed by atoms with Crippen molar-refractivity contribution in [2.24, 2.45) is 0 Å². The number of nitrogens with zero attached hydrogens (tertiary/aromatic N) is 1. The lowest BCUT2D eigenvalue weighted by atomic mass is 10.1. The largest absolute Gasteiger partial charge is 0.475 e. The summed E-state index contributed by atoms with van der Waals surface area (Å²) >= 11 is 0. The van der Waals surface area contributed by atoms with Crippen LogP contribution in [0.5, 0.6) is 0 Å². The summed E-state index contributed by atoms with van der Waals surface area (Å²) in [6, 6.07) is 3.29. The Morgan fingerprint density at radius 2 is 2.06 bits per heavy atom. The van der Waals surface area contributed by atoms with E-state index in [2.05, 4.69) is 4.90 Å². The van der Waals surface area contributed by atoms with E-state index in [9.17, 15) is 4.79 Å². The van der Waals surface area contributed by atoms with Crippen molar-refractivity contribution in [2.75, 3.05) is 19.6 Å². The Morgan fingerprint density at radius 3 is 2.71 bits per heavy atom. The van der Waals surface area contributed by atoms with Crippen molar-refractivity contribution in [1.82, 2.24) is 4.90 Å². The van der Waals surface area contributed by atoms with Crippen LogP contribution in [-0.4, -0.2) is 35.6 Å². The first kappa shape index (κ1) is 12.2. The molecule has 1 fully saturated rings. The number of likely N-dealkylation sites (tertiary alicyclic amines) is 1. The molecule has 0 amide bonds. The van der Waals surface area contributed by atoms with Crippen LogP contribution in [0.1, 0.15) is 42.0 Å². The standard InChI is InChI=1S/C13H19NO3/c15-13(16)12-7-6-11(17-12)5-4-10-14-8-2-1-3-9-14/h6-7H,1-5,8-10H2,(H,15,16). The van der Waals surface area contributed by atoms with Crippen LogP contribution in [0.15, 0.2) is 16.5 Å². The second kappa shape index (κ2) is 5.87. The molecule has 2 rings (SSSR count). The summed E-state index contributed by atoms with van der Waals surface area (Å²) in [6.07, 6.45) is 5.83. The molecule has 17 heavy (non-hydrogen) atoms. The topological polar surface area (TPSA) is 53.7 Å². The number of carbonyl (C=O) groups is 1. The van der Waals surface area contributed by atoms with Gasteiger partial charge in [0.1, 0.15) is 5.76 Å². The maximum atomic E-state index is 10.6. The number of carboxylic acids is 1. The Bertz CT molecular complexity index is 366. The van der Waals surface area contributed by atoms with E-state index in [0.29, 0.717) is 0 Å². The third-order valence-corrected chi connectivity index (χ3v) is 3.22. The number of hydrogen-bond donors (Lipinski definition) is 1. The van der Waals surface area contributed by atoms with Crippen LogP contribution in [0.2, 0.25) is 0 Å². The highest BCUT2D eigenvalue weighted by molar-refractivity contribution is 5.84. The third-order valence-electron chi connectivity index (χ3n) is 3.22. The van der Waals surface area contributed by atoms with Gasteiger partial charge in [0.2, 0.25) is 5.76 Å². The predicted molar refractivity (Wildman–Crippen MR) is 64.3 cm³/mol. The highest BCUT2D eigenvalue weighted by Gasteiger charge is 2.11. The average molecular weight is 237 g/mol. The first-order valence-electron chi connectivity index (χ1n) is 6.30. The van der Waals surface area contributed by atoms with Gasteiger partial charge in [-0.25, -0.2) is 4.79 Å². The van der Waals surface area contributed by atoms with Crippen LogP contribution < -0.4 is 0 Å². The van der Waals surface area contributed by atoms with Gasteiger partial charge >= 0.3 is 5.97 Å². The van der Waals surface area contributed by atoms with E-state index in [0.717, 1.165) is 25.1 Å². The van der Waals surface area contributed by atoms with Gasteiger partial charge in [0.25, 0.3) is 0 Å². The third kappa shape index (κ3) is 3.60. The zero-order valence-corrected chi connectivity index (χ0v) is 10.0. The van der Waals surface area contributed by atoms with Gasteiger partial charge in [-0.05, 0) is 51.0 Å². The van der Waals surface area contributed by atoms with Crippen molar-refractivity contribution in [2.45, 2.75) is 32.1 Å². The first-order valence-corrected chi connectivity index (χ1v) is 6.30. The Kier molecular flexibility index (Phi) is 4.20. The number of furan rings is 1. The number of aromatic carboxylic acids is 1. The normalized spacial score (nSPS) is 17.2. The monoisotopic (exact) mass is 237 g/mol. The Hall–Kier alpha value is -1.29. The summed E-state index contributed by atoms with van der Waals surface area (Å²) in [5, 5.41) is 8.73. The molecule has 2 heterocycles. The summed E-state index contributed by atoms with van der Waals surface area (Å²) in [4.78, 5) is 13.1. The van der Waals surface area contributed by atoms with E-state index in [1.54, 1.807) is 6.07 Å². The van der Waals surface area contributed by atoms with Crippen molar-refractivity contribution in [3.05, 3.63) is 23.7 Å². The minimum Gasteiger partial charge on any atom is -0.475 e. The Morgan fingerprint density at radius 1 is 1.29 bits per heavy atom. The molecule has 4 nitrogen and oxygen atoms in total. The van der Waals surface area contributed by atoms with Crippen molar-refractivity contribution in [3.8, 4) is 0 Å². The first-order chi connectivity index (χ1) is 8.25. The number of rotatable bonds is 5. The van der Waals surface area contributed by atoms with Crippen molar-refractivity contribution in [1.29, 1.82) is 0 Å². The van der Waals surface area contributed by atoms with E-state index in [1.807, 2.05) is 0 Å². The van der Waals surface area contributed by atoms with Crippen molar-refractivity contribution in [3.63, 3.8) is 0 Å². The fourth-order valence-electron chi connectivity index (χ4n) is 2.29. The molecule has 0 spiro atoms. The van der Waals surface area contributed by atoms with Gasteiger partial charge in [0.05, 0.1) is 0 Å². The molecule has 0 radical (unpaired) electrons. The number of hydrogen-bond acceptors (Lipinski definition) is 3. The lowest BCUT2D eigenvalue weighted by Gasteiger charge is -2.26. The molecule has 1 aromatic heterocycles. The van der Waals surface area contributed by atoms with E-state index < -0.39 is 5.97 Å². The zero-order chi connectivity index (χ0) is 12.1. The van der Waals surface area contributed by atoms with E-state index in [-0.39, 0.29) is 5.76 Å². The van der Waals surface area contributed by atoms with Crippen LogP contribution in [0.3, 0.4) is 0 Å². The molecule has 0 bridgehead atoms. The van der Waals surface area contributed by atoms with Gasteiger partial charge in [-0.2, -0.15) is 0 Å². The van der Waals surface area contributed by atoms with E-state index >= 15 is 0 Å². The van der Waals surface area contributed by atoms with Crippen LogP contribution in [0.4, 0.5) is 0 Å². The minimum absolute atomic E-state index is 0.0398. The molecule has 1 aromatic rings. The van der Waals surface area contributed by atoms with Crippen molar-refractivity contribution >= 4 is 5.97 Å². The summed E-state index contributed by atoms with van der Waals surface area (Å²) in [6.45, 7) is 3.50. The molecule has 0 aromatic carbocycles. The molecule has 1 aliphatic heterocycles.